The average molecular weight is 833 g/mol. The summed E-state index contributed by atoms with van der Waals surface area (Å²) in [6, 6.07) is 2.03. The van der Waals surface area contributed by atoms with E-state index in [1.165, 1.54) is 0 Å². The van der Waals surface area contributed by atoms with Crippen molar-refractivity contribution in [2.75, 3.05) is 13.2 Å². The fourth-order valence-corrected chi connectivity index (χ4v) is 6.91. The third-order valence-corrected chi connectivity index (χ3v) is 9.21. The van der Waals surface area contributed by atoms with Crippen LogP contribution in [-0.4, -0.2) is 123 Å². The monoisotopic (exact) mass is 832 g/mol. The molecule has 1 aromatic heterocycles. The number of phenolic OH excluding ortho intramolecular Hbond substituents is 5. The third-order valence-electron chi connectivity index (χ3n) is 9.21. The van der Waals surface area contributed by atoms with E-state index in [2.05, 4.69) is 0 Å². The van der Waals surface area contributed by atoms with Crippen LogP contribution in [0.5, 0.6) is 34.5 Å². The molecule has 21 nitrogen and oxygen atoms in total. The van der Waals surface area contributed by atoms with Crippen molar-refractivity contribution < 1.29 is 96.8 Å². The first-order valence-corrected chi connectivity index (χ1v) is 18.0. The SMILES string of the molecule is CC(=O)OCC1CC(OB2C(O)CC(OC(C)=O)C(OC(C)=O)C2COC(C)=O)[C@@H](OC(C)=O)C(Oc2c(-c3cc(O)c(O)c(O)c3)oc3cc(O)cc(O)c3c2=O)O1. The fraction of sp³-hybridized carbons (Fsp3) is 0.459. The summed E-state index contributed by atoms with van der Waals surface area (Å²) in [6.07, 6.45) is -9.45. The number of phenols is 5. The Morgan fingerprint density at radius 1 is 0.729 bits per heavy atom. The van der Waals surface area contributed by atoms with Gasteiger partial charge >= 0.3 is 36.8 Å². The van der Waals surface area contributed by atoms with E-state index < -0.39 is 155 Å². The maximum absolute atomic E-state index is 14.2. The number of aliphatic hydroxyl groups excluding tert-OH is 1. The molecule has 318 valence electrons. The zero-order valence-electron chi connectivity index (χ0n) is 32.1. The van der Waals surface area contributed by atoms with Gasteiger partial charge in [-0.2, -0.15) is 0 Å². The van der Waals surface area contributed by atoms with Crippen molar-refractivity contribution in [1.29, 1.82) is 0 Å². The van der Waals surface area contributed by atoms with Gasteiger partial charge in [-0.15, -0.1) is 0 Å². The molecule has 2 fully saturated rings. The Morgan fingerprint density at radius 2 is 1.32 bits per heavy atom. The van der Waals surface area contributed by atoms with Crippen LogP contribution in [0.15, 0.2) is 33.5 Å². The van der Waals surface area contributed by atoms with Crippen molar-refractivity contribution >= 4 is 47.7 Å². The van der Waals surface area contributed by atoms with Crippen LogP contribution in [0.2, 0.25) is 5.82 Å². The van der Waals surface area contributed by atoms with E-state index in [-0.39, 0.29) is 18.4 Å². The number of hydrogen-bond acceptors (Lipinski definition) is 21. The molecule has 0 radical (unpaired) electrons. The standard InChI is InChI=1S/C37H41BO21/c1-14(39)51-12-21-10-28(59-38-22(13-52-15(2)40)34(54-17(4)42)27(11-29(38)48)53-16(3)41)35(55-18(5)43)37(56-21)58-36-32(50)30-23(45)8-20(44)9-26(30)57-33(36)19-6-24(46)31(49)25(47)7-19/h6-9,21-22,27-29,34-35,37,44-49H,10-13H2,1-5H3/t21?,22?,27?,28?,29?,34?,35-,37?/m1/s1. The summed E-state index contributed by atoms with van der Waals surface area (Å²) in [6.45, 7) is 2.92. The van der Waals surface area contributed by atoms with Gasteiger partial charge in [0.15, 0.2) is 29.1 Å². The number of hydrogen-bond donors (Lipinski definition) is 6. The predicted octanol–water partition coefficient (Wildman–Crippen LogP) is 1.45. The lowest BCUT2D eigenvalue weighted by Gasteiger charge is -2.45. The summed E-state index contributed by atoms with van der Waals surface area (Å²) in [5.74, 6) is -10.6. The maximum Gasteiger partial charge on any atom is 0.333 e. The number of benzene rings is 2. The molecule has 2 aliphatic rings. The number of rotatable bonds is 12. The minimum absolute atomic E-state index is 0.279. The van der Waals surface area contributed by atoms with Gasteiger partial charge in [-0.05, 0) is 12.1 Å². The van der Waals surface area contributed by atoms with Crippen LogP contribution in [0, 0.1) is 0 Å². The number of carbonyl (C=O) groups is 5. The molecule has 0 spiro atoms. The molecule has 2 aromatic carbocycles. The lowest BCUT2D eigenvalue weighted by atomic mass is 9.44. The minimum Gasteiger partial charge on any atom is -0.508 e. The molecule has 0 amide bonds. The maximum atomic E-state index is 14.2. The molecule has 3 heterocycles. The summed E-state index contributed by atoms with van der Waals surface area (Å²) >= 11 is 0. The van der Waals surface area contributed by atoms with E-state index in [4.69, 9.17) is 42.2 Å². The molecule has 22 heteroatoms. The van der Waals surface area contributed by atoms with Crippen LogP contribution in [0.3, 0.4) is 0 Å². The van der Waals surface area contributed by atoms with Crippen molar-refractivity contribution in [2.24, 2.45) is 0 Å². The van der Waals surface area contributed by atoms with Crippen LogP contribution in [-0.2, 0) is 57.0 Å². The highest BCUT2D eigenvalue weighted by Crippen LogP contribution is 2.44. The fourth-order valence-electron chi connectivity index (χ4n) is 6.91. The molecule has 5 rings (SSSR count). The summed E-state index contributed by atoms with van der Waals surface area (Å²) in [4.78, 5) is 75.1. The first-order chi connectivity index (χ1) is 27.7. The molecule has 0 bridgehead atoms. The first kappa shape index (κ1) is 43.9. The van der Waals surface area contributed by atoms with Gasteiger partial charge in [0.05, 0.1) is 24.8 Å². The Bertz CT molecular complexity index is 2140. The van der Waals surface area contributed by atoms with Gasteiger partial charge in [-0.1, -0.05) is 0 Å². The molecule has 8 atom stereocenters. The van der Waals surface area contributed by atoms with E-state index in [1.54, 1.807) is 0 Å². The van der Waals surface area contributed by atoms with Crippen molar-refractivity contribution in [3.8, 4) is 45.8 Å². The molecular weight excluding hydrogens is 791 g/mol. The third kappa shape index (κ3) is 10.3. The van der Waals surface area contributed by atoms with Crippen LogP contribution < -0.4 is 10.2 Å². The molecule has 6 N–H and O–H groups in total. The molecule has 2 saturated heterocycles. The van der Waals surface area contributed by atoms with Crippen molar-refractivity contribution in [3.05, 3.63) is 34.5 Å². The van der Waals surface area contributed by atoms with Crippen molar-refractivity contribution in [1.82, 2.24) is 0 Å². The number of fused-ring (bicyclic) bond motifs is 1. The predicted molar refractivity (Wildman–Crippen MR) is 195 cm³/mol. The Balaban J connectivity index is 1.65. The molecule has 59 heavy (non-hydrogen) atoms. The number of ether oxygens (including phenoxy) is 7. The highest BCUT2D eigenvalue weighted by atomic mass is 16.7. The number of aliphatic hydroxyl groups is 1. The highest BCUT2D eigenvalue weighted by molar-refractivity contribution is 6.56. The molecule has 0 saturated carbocycles. The van der Waals surface area contributed by atoms with Gasteiger partial charge in [0.1, 0.15) is 41.3 Å². The van der Waals surface area contributed by atoms with Gasteiger partial charge in [0, 0.05) is 71.0 Å². The van der Waals surface area contributed by atoms with E-state index in [0.29, 0.717) is 0 Å². The van der Waals surface area contributed by atoms with Crippen molar-refractivity contribution in [3.63, 3.8) is 0 Å². The van der Waals surface area contributed by atoms with Gasteiger partial charge in [-0.25, -0.2) is 0 Å². The Labute approximate surface area is 333 Å². The lowest BCUT2D eigenvalue weighted by Crippen LogP contribution is -2.61. The summed E-state index contributed by atoms with van der Waals surface area (Å²) in [5.41, 5.74) is -1.83. The van der Waals surface area contributed by atoms with E-state index >= 15 is 0 Å². The lowest BCUT2D eigenvalue weighted by molar-refractivity contribution is -0.248. The minimum atomic E-state index is -1.92. The number of carbonyl (C=O) groups excluding carboxylic acids is 5. The van der Waals surface area contributed by atoms with Gasteiger partial charge < -0.3 is 72.9 Å². The van der Waals surface area contributed by atoms with E-state index in [1.807, 2.05) is 0 Å². The first-order valence-electron chi connectivity index (χ1n) is 18.0. The van der Waals surface area contributed by atoms with E-state index in [9.17, 15) is 59.4 Å². The Kier molecular flexibility index (Phi) is 13.5. The Hall–Kier alpha value is -6.26. The van der Waals surface area contributed by atoms with Crippen LogP contribution >= 0.6 is 0 Å². The zero-order chi connectivity index (χ0) is 43.5. The highest BCUT2D eigenvalue weighted by Gasteiger charge is 2.55. The summed E-state index contributed by atoms with van der Waals surface area (Å²) < 4.78 is 51.5. The van der Waals surface area contributed by atoms with Crippen LogP contribution in [0.25, 0.3) is 22.3 Å². The van der Waals surface area contributed by atoms with Crippen LogP contribution in [0.4, 0.5) is 0 Å². The quantitative estimate of drug-likeness (QED) is 0.0651. The molecule has 3 aromatic rings. The molecule has 7 unspecified atom stereocenters. The topological polar surface area (TPSA) is 311 Å². The smallest absolute Gasteiger partial charge is 0.333 e. The number of aromatic hydroxyl groups is 5. The zero-order valence-corrected chi connectivity index (χ0v) is 32.1. The molecular formula is C37H41BO21. The van der Waals surface area contributed by atoms with Gasteiger partial charge in [0.2, 0.25) is 17.5 Å². The largest absolute Gasteiger partial charge is 0.508 e. The normalized spacial score (nSPS) is 24.1. The van der Waals surface area contributed by atoms with Gasteiger partial charge in [0.25, 0.3) is 0 Å². The van der Waals surface area contributed by atoms with Gasteiger partial charge in [-0.3, -0.25) is 28.8 Å². The second-order valence-corrected chi connectivity index (χ2v) is 13.8. The van der Waals surface area contributed by atoms with E-state index in [0.717, 1.165) is 58.9 Å². The number of esters is 5. The van der Waals surface area contributed by atoms with Crippen molar-refractivity contribution in [2.45, 2.75) is 96.1 Å². The summed E-state index contributed by atoms with van der Waals surface area (Å²) in [7, 11) is 0. The molecule has 2 aliphatic heterocycles. The average Bonchev–Trinajstić information content (AvgIpc) is 3.12. The second-order valence-electron chi connectivity index (χ2n) is 13.8. The Morgan fingerprint density at radius 3 is 1.92 bits per heavy atom. The summed E-state index contributed by atoms with van der Waals surface area (Å²) in [5, 5.41) is 62.5. The molecule has 0 aliphatic carbocycles. The van der Waals surface area contributed by atoms with Crippen LogP contribution in [0.1, 0.15) is 47.5 Å². The second kappa shape index (κ2) is 18.1.